The fraction of sp³-hybridized carbons (Fsp3) is 0.600. The van der Waals surface area contributed by atoms with E-state index in [2.05, 4.69) is 17.0 Å². The molecule has 1 fully saturated rings. The molecular weight excluding hydrogens is 240 g/mol. The molecule has 3 rings (SSSR count). The van der Waals surface area contributed by atoms with Crippen molar-refractivity contribution in [1.82, 2.24) is 4.90 Å². The summed E-state index contributed by atoms with van der Waals surface area (Å²) in [6, 6.07) is 6.75. The number of rotatable bonds is 3. The van der Waals surface area contributed by atoms with Gasteiger partial charge in [-0.3, -0.25) is 4.90 Å². The van der Waals surface area contributed by atoms with Gasteiger partial charge in [-0.15, -0.1) is 0 Å². The first kappa shape index (κ1) is 12.9. The molecular formula is C15H22N2O2. The first-order valence-electron chi connectivity index (χ1n) is 6.92. The molecule has 0 spiro atoms. The van der Waals surface area contributed by atoms with Crippen molar-refractivity contribution in [2.24, 2.45) is 5.73 Å². The predicted molar refractivity (Wildman–Crippen MR) is 74.4 cm³/mol. The average Bonchev–Trinajstić information content (AvgIpc) is 3.03. The van der Waals surface area contributed by atoms with E-state index in [1.165, 1.54) is 11.1 Å². The lowest BCUT2D eigenvalue weighted by atomic mass is 10.1. The molecule has 19 heavy (non-hydrogen) atoms. The second kappa shape index (κ2) is 5.12. The van der Waals surface area contributed by atoms with Crippen molar-refractivity contribution < 1.29 is 9.47 Å². The van der Waals surface area contributed by atoms with Crippen LogP contribution in [0.5, 0.6) is 5.75 Å². The molecule has 1 aliphatic heterocycles. The van der Waals surface area contributed by atoms with Gasteiger partial charge in [-0.1, -0.05) is 6.07 Å². The molecule has 2 N–H and O–H groups in total. The van der Waals surface area contributed by atoms with Crippen LogP contribution in [0.1, 0.15) is 23.6 Å². The van der Waals surface area contributed by atoms with Gasteiger partial charge in [0.2, 0.25) is 0 Å². The molecule has 4 heteroatoms. The van der Waals surface area contributed by atoms with Crippen molar-refractivity contribution in [3.63, 3.8) is 0 Å². The van der Waals surface area contributed by atoms with Gasteiger partial charge in [-0.25, -0.2) is 0 Å². The van der Waals surface area contributed by atoms with Crippen LogP contribution in [0.3, 0.4) is 0 Å². The molecule has 2 aliphatic rings. The molecule has 1 aromatic rings. The van der Waals surface area contributed by atoms with Crippen LogP contribution in [0, 0.1) is 0 Å². The highest BCUT2D eigenvalue weighted by atomic mass is 16.5. The van der Waals surface area contributed by atoms with E-state index in [1.807, 2.05) is 6.07 Å². The number of nitrogens with two attached hydrogens (primary N) is 1. The van der Waals surface area contributed by atoms with Crippen LogP contribution in [0.4, 0.5) is 0 Å². The summed E-state index contributed by atoms with van der Waals surface area (Å²) in [6.07, 6.45) is 2.52. The Balaban J connectivity index is 1.77. The zero-order valence-corrected chi connectivity index (χ0v) is 11.6. The molecule has 1 aliphatic carbocycles. The Morgan fingerprint density at radius 1 is 1.32 bits per heavy atom. The fourth-order valence-corrected chi connectivity index (χ4v) is 3.36. The number of fused-ring (bicyclic) bond motifs is 1. The van der Waals surface area contributed by atoms with E-state index in [9.17, 15) is 0 Å². The summed E-state index contributed by atoms with van der Waals surface area (Å²) in [4.78, 5) is 2.48. The minimum atomic E-state index is 0.0840. The molecule has 0 saturated carbocycles. The summed E-state index contributed by atoms with van der Waals surface area (Å²) in [6.45, 7) is 2.09. The predicted octanol–water partition coefficient (Wildman–Crippen LogP) is 1.34. The Morgan fingerprint density at radius 3 is 2.84 bits per heavy atom. The molecule has 0 amide bonds. The monoisotopic (exact) mass is 262 g/mol. The highest BCUT2D eigenvalue weighted by molar-refractivity contribution is 5.42. The Bertz CT molecular complexity index is 463. The zero-order valence-electron chi connectivity index (χ0n) is 11.6. The number of methoxy groups -OCH3 is 2. The summed E-state index contributed by atoms with van der Waals surface area (Å²) in [5.41, 5.74) is 9.04. The van der Waals surface area contributed by atoms with E-state index in [0.29, 0.717) is 12.1 Å². The lowest BCUT2D eigenvalue weighted by molar-refractivity contribution is 0.0989. The van der Waals surface area contributed by atoms with E-state index in [4.69, 9.17) is 15.2 Å². The van der Waals surface area contributed by atoms with Crippen molar-refractivity contribution in [2.75, 3.05) is 27.3 Å². The Labute approximate surface area is 114 Å². The summed E-state index contributed by atoms with van der Waals surface area (Å²) in [7, 11) is 3.49. The van der Waals surface area contributed by atoms with Gasteiger partial charge in [0.25, 0.3) is 0 Å². The summed E-state index contributed by atoms with van der Waals surface area (Å²) in [5, 5.41) is 0. The van der Waals surface area contributed by atoms with Crippen LogP contribution in [-0.2, 0) is 11.2 Å². The number of nitrogens with zero attached hydrogens (tertiary/aromatic N) is 1. The maximum atomic E-state index is 6.44. The molecule has 1 heterocycles. The second-order valence-electron chi connectivity index (χ2n) is 5.50. The van der Waals surface area contributed by atoms with Gasteiger partial charge in [0.1, 0.15) is 5.75 Å². The third kappa shape index (κ3) is 2.24. The van der Waals surface area contributed by atoms with Gasteiger partial charge in [0, 0.05) is 32.3 Å². The standard InChI is InChI=1S/C15H22N2O2/c1-18-11-4-3-10-7-14(15(16)13(10)8-11)17-6-5-12(9-17)19-2/h3-4,8,12,14-15H,5-7,9,16H2,1-2H3. The largest absolute Gasteiger partial charge is 0.497 e. The van der Waals surface area contributed by atoms with Crippen molar-refractivity contribution >= 4 is 0 Å². The normalized spacial score (nSPS) is 30.6. The number of ether oxygens (including phenoxy) is 2. The molecule has 3 atom stereocenters. The molecule has 0 aromatic heterocycles. The van der Waals surface area contributed by atoms with Crippen LogP contribution < -0.4 is 10.5 Å². The van der Waals surface area contributed by atoms with Gasteiger partial charge < -0.3 is 15.2 Å². The number of likely N-dealkylation sites (tertiary alicyclic amines) is 1. The number of benzene rings is 1. The first-order valence-corrected chi connectivity index (χ1v) is 6.92. The van der Waals surface area contributed by atoms with Gasteiger partial charge in [-0.05, 0) is 36.1 Å². The Kier molecular flexibility index (Phi) is 3.48. The smallest absolute Gasteiger partial charge is 0.119 e. The van der Waals surface area contributed by atoms with Crippen LogP contribution in [0.25, 0.3) is 0 Å². The van der Waals surface area contributed by atoms with Crippen molar-refractivity contribution in [1.29, 1.82) is 0 Å². The fourth-order valence-electron chi connectivity index (χ4n) is 3.36. The number of hydrogen-bond acceptors (Lipinski definition) is 4. The van der Waals surface area contributed by atoms with E-state index in [1.54, 1.807) is 14.2 Å². The minimum absolute atomic E-state index is 0.0840. The summed E-state index contributed by atoms with van der Waals surface area (Å²) in [5.74, 6) is 0.894. The Morgan fingerprint density at radius 2 is 2.16 bits per heavy atom. The van der Waals surface area contributed by atoms with Crippen molar-refractivity contribution in [3.8, 4) is 5.75 Å². The zero-order chi connectivity index (χ0) is 13.4. The molecule has 1 saturated heterocycles. The lowest BCUT2D eigenvalue weighted by Gasteiger charge is -2.27. The van der Waals surface area contributed by atoms with Gasteiger partial charge >= 0.3 is 0 Å². The van der Waals surface area contributed by atoms with Crippen LogP contribution in [-0.4, -0.2) is 44.4 Å². The first-order chi connectivity index (χ1) is 9.22. The summed E-state index contributed by atoms with van der Waals surface area (Å²) < 4.78 is 10.7. The SMILES string of the molecule is COc1ccc2c(c1)C(N)C(N1CCC(OC)C1)C2. The van der Waals surface area contributed by atoms with E-state index < -0.39 is 0 Å². The number of hydrogen-bond donors (Lipinski definition) is 1. The van der Waals surface area contributed by atoms with Crippen LogP contribution in [0.15, 0.2) is 18.2 Å². The van der Waals surface area contributed by atoms with Crippen molar-refractivity contribution in [3.05, 3.63) is 29.3 Å². The van der Waals surface area contributed by atoms with Gasteiger partial charge in [0.15, 0.2) is 0 Å². The lowest BCUT2D eigenvalue weighted by Crippen LogP contribution is -2.40. The van der Waals surface area contributed by atoms with E-state index in [-0.39, 0.29) is 6.04 Å². The Hall–Kier alpha value is -1.10. The minimum Gasteiger partial charge on any atom is -0.497 e. The molecule has 4 nitrogen and oxygen atoms in total. The molecule has 104 valence electrons. The summed E-state index contributed by atoms with van der Waals surface area (Å²) >= 11 is 0. The van der Waals surface area contributed by atoms with Crippen molar-refractivity contribution in [2.45, 2.75) is 31.0 Å². The maximum Gasteiger partial charge on any atom is 0.119 e. The highest BCUT2D eigenvalue weighted by Crippen LogP contribution is 2.36. The van der Waals surface area contributed by atoms with Gasteiger partial charge in [0.05, 0.1) is 13.2 Å². The third-order valence-electron chi connectivity index (χ3n) is 4.53. The quantitative estimate of drug-likeness (QED) is 0.893. The molecule has 0 bridgehead atoms. The second-order valence-corrected chi connectivity index (χ2v) is 5.50. The maximum absolute atomic E-state index is 6.44. The molecule has 1 aromatic carbocycles. The van der Waals surface area contributed by atoms with E-state index in [0.717, 1.165) is 31.7 Å². The highest BCUT2D eigenvalue weighted by Gasteiger charge is 2.37. The van der Waals surface area contributed by atoms with Crippen LogP contribution in [0.2, 0.25) is 0 Å². The third-order valence-corrected chi connectivity index (χ3v) is 4.53. The van der Waals surface area contributed by atoms with Gasteiger partial charge in [-0.2, -0.15) is 0 Å². The molecule has 3 unspecified atom stereocenters. The average molecular weight is 262 g/mol. The van der Waals surface area contributed by atoms with E-state index >= 15 is 0 Å². The molecule has 0 radical (unpaired) electrons. The topological polar surface area (TPSA) is 47.7 Å². The van der Waals surface area contributed by atoms with Crippen LogP contribution >= 0.6 is 0 Å².